The van der Waals surface area contributed by atoms with Crippen LogP contribution in [0.3, 0.4) is 0 Å². The van der Waals surface area contributed by atoms with E-state index in [0.29, 0.717) is 6.04 Å². The Balaban J connectivity index is 1.52. The van der Waals surface area contributed by atoms with E-state index in [1.807, 2.05) is 43.5 Å². The van der Waals surface area contributed by atoms with E-state index in [1.165, 1.54) is 19.3 Å². The third kappa shape index (κ3) is 3.59. The lowest BCUT2D eigenvalue weighted by Crippen LogP contribution is -2.36. The molecule has 3 aromatic rings. The first-order chi connectivity index (χ1) is 12.7. The first kappa shape index (κ1) is 16.7. The quantitative estimate of drug-likeness (QED) is 0.750. The molecule has 1 aliphatic rings. The van der Waals surface area contributed by atoms with Gasteiger partial charge >= 0.3 is 0 Å². The van der Waals surface area contributed by atoms with Gasteiger partial charge in [-0.15, -0.1) is 0 Å². The van der Waals surface area contributed by atoms with Gasteiger partial charge in [0.15, 0.2) is 0 Å². The Hall–Kier alpha value is -2.75. The van der Waals surface area contributed by atoms with Crippen molar-refractivity contribution >= 4 is 16.8 Å². The largest absolute Gasteiger partial charge is 0.349 e. The highest BCUT2D eigenvalue weighted by atomic mass is 16.1. The Morgan fingerprint density at radius 2 is 1.73 bits per heavy atom. The number of nitrogens with zero attached hydrogens (tertiary/aromatic N) is 2. The van der Waals surface area contributed by atoms with Crippen LogP contribution >= 0.6 is 0 Å². The number of hydrogen-bond acceptors (Lipinski definition) is 3. The van der Waals surface area contributed by atoms with Crippen LogP contribution in [0.2, 0.25) is 0 Å². The Morgan fingerprint density at radius 1 is 1.00 bits per heavy atom. The number of hydrogen-bond donors (Lipinski definition) is 1. The number of aromatic nitrogens is 2. The van der Waals surface area contributed by atoms with Gasteiger partial charge in [-0.05, 0) is 49.1 Å². The first-order valence-electron chi connectivity index (χ1n) is 9.34. The maximum absolute atomic E-state index is 12.4. The fraction of sp³-hybridized carbons (Fsp3) is 0.318. The number of fused-ring (bicyclic) bond motifs is 1. The van der Waals surface area contributed by atoms with Crippen molar-refractivity contribution in [2.24, 2.45) is 0 Å². The van der Waals surface area contributed by atoms with Crippen LogP contribution in [0.15, 0.2) is 48.7 Å². The second-order valence-electron chi connectivity index (χ2n) is 7.08. The summed E-state index contributed by atoms with van der Waals surface area (Å²) in [7, 11) is 0. The van der Waals surface area contributed by atoms with E-state index < -0.39 is 0 Å². The van der Waals surface area contributed by atoms with Crippen molar-refractivity contribution in [3.63, 3.8) is 0 Å². The molecule has 0 bridgehead atoms. The van der Waals surface area contributed by atoms with Crippen molar-refractivity contribution in [2.45, 2.75) is 45.1 Å². The summed E-state index contributed by atoms with van der Waals surface area (Å²) in [6, 6.07) is 14.3. The molecule has 1 amide bonds. The summed E-state index contributed by atoms with van der Waals surface area (Å²) in [6.07, 6.45) is 7.77. The van der Waals surface area contributed by atoms with Crippen molar-refractivity contribution in [2.75, 3.05) is 0 Å². The number of carbonyl (C=O) groups is 1. The summed E-state index contributed by atoms with van der Waals surface area (Å²) < 4.78 is 0. The zero-order valence-corrected chi connectivity index (χ0v) is 15.0. The summed E-state index contributed by atoms with van der Waals surface area (Å²) in [5.41, 5.74) is 3.83. The van der Waals surface area contributed by atoms with Gasteiger partial charge in [0.25, 0.3) is 5.91 Å². The van der Waals surface area contributed by atoms with Gasteiger partial charge in [-0.3, -0.25) is 4.79 Å². The van der Waals surface area contributed by atoms with Crippen LogP contribution in [-0.2, 0) is 0 Å². The van der Waals surface area contributed by atoms with Gasteiger partial charge in [0.05, 0.1) is 5.52 Å². The molecular formula is C22H23N3O. The van der Waals surface area contributed by atoms with Crippen molar-refractivity contribution < 1.29 is 4.79 Å². The van der Waals surface area contributed by atoms with Crippen LogP contribution < -0.4 is 5.32 Å². The van der Waals surface area contributed by atoms with Crippen molar-refractivity contribution in [3.05, 3.63) is 60.0 Å². The van der Waals surface area contributed by atoms with Gasteiger partial charge in [0.1, 0.15) is 5.82 Å². The molecule has 1 saturated carbocycles. The smallest absolute Gasteiger partial charge is 0.251 e. The highest BCUT2D eigenvalue weighted by molar-refractivity contribution is 5.95. The fourth-order valence-corrected chi connectivity index (χ4v) is 3.63. The van der Waals surface area contributed by atoms with E-state index in [1.54, 1.807) is 0 Å². The van der Waals surface area contributed by atoms with E-state index in [-0.39, 0.29) is 5.91 Å². The highest BCUT2D eigenvalue weighted by Crippen LogP contribution is 2.24. The molecule has 0 atom stereocenters. The molecule has 0 unspecified atom stereocenters. The molecule has 0 radical (unpaired) electrons. The fourth-order valence-electron chi connectivity index (χ4n) is 3.63. The number of amides is 1. The highest BCUT2D eigenvalue weighted by Gasteiger charge is 2.16. The van der Waals surface area contributed by atoms with Gasteiger partial charge in [0.2, 0.25) is 0 Å². The van der Waals surface area contributed by atoms with E-state index in [2.05, 4.69) is 27.4 Å². The molecule has 26 heavy (non-hydrogen) atoms. The zero-order chi connectivity index (χ0) is 17.9. The standard InChI is InChI=1S/C22H23N3O/c1-15-23-14-19-12-11-18(13-21(19)24-15)16-7-9-17(10-8-16)22(26)25-20-5-3-2-4-6-20/h7-14,20H,2-6H2,1H3,(H,25,26). The van der Waals surface area contributed by atoms with E-state index in [9.17, 15) is 4.79 Å². The molecule has 1 aromatic heterocycles. The molecule has 4 rings (SSSR count). The summed E-state index contributed by atoms with van der Waals surface area (Å²) in [6.45, 7) is 1.89. The van der Waals surface area contributed by atoms with E-state index in [0.717, 1.165) is 46.3 Å². The van der Waals surface area contributed by atoms with Crippen molar-refractivity contribution in [3.8, 4) is 11.1 Å². The van der Waals surface area contributed by atoms with Gasteiger partial charge in [-0.2, -0.15) is 0 Å². The minimum Gasteiger partial charge on any atom is -0.349 e. The maximum Gasteiger partial charge on any atom is 0.251 e. The SMILES string of the molecule is Cc1ncc2ccc(-c3ccc(C(=O)NC4CCCCC4)cc3)cc2n1. The van der Waals surface area contributed by atoms with Crippen LogP contribution in [0.5, 0.6) is 0 Å². The number of carbonyl (C=O) groups excluding carboxylic acids is 1. The molecule has 0 spiro atoms. The average molecular weight is 345 g/mol. The molecule has 2 aromatic carbocycles. The Labute approximate surface area is 153 Å². The molecule has 0 saturated heterocycles. The van der Waals surface area contributed by atoms with Crippen LogP contribution in [0.25, 0.3) is 22.0 Å². The van der Waals surface area contributed by atoms with Crippen LogP contribution in [0, 0.1) is 6.92 Å². The van der Waals surface area contributed by atoms with Crippen molar-refractivity contribution in [1.82, 2.24) is 15.3 Å². The zero-order valence-electron chi connectivity index (χ0n) is 15.0. The van der Waals surface area contributed by atoms with Gasteiger partial charge in [-0.25, -0.2) is 9.97 Å². The predicted molar refractivity (Wildman–Crippen MR) is 104 cm³/mol. The topological polar surface area (TPSA) is 54.9 Å². The molecule has 1 fully saturated rings. The summed E-state index contributed by atoms with van der Waals surface area (Å²) in [4.78, 5) is 21.2. The maximum atomic E-state index is 12.4. The number of nitrogens with one attached hydrogen (secondary N) is 1. The molecule has 0 aliphatic heterocycles. The van der Waals surface area contributed by atoms with Gasteiger partial charge in [-0.1, -0.05) is 43.5 Å². The monoisotopic (exact) mass is 345 g/mol. The average Bonchev–Trinajstić information content (AvgIpc) is 2.68. The summed E-state index contributed by atoms with van der Waals surface area (Å²) >= 11 is 0. The molecule has 1 aliphatic carbocycles. The van der Waals surface area contributed by atoms with Crippen LogP contribution in [-0.4, -0.2) is 21.9 Å². The lowest BCUT2D eigenvalue weighted by atomic mass is 9.95. The molecule has 132 valence electrons. The van der Waals surface area contributed by atoms with Crippen LogP contribution in [0.4, 0.5) is 0 Å². The first-order valence-corrected chi connectivity index (χ1v) is 9.34. The molecule has 4 nitrogen and oxygen atoms in total. The number of rotatable bonds is 3. The molecular weight excluding hydrogens is 322 g/mol. The van der Waals surface area contributed by atoms with E-state index in [4.69, 9.17) is 0 Å². The Kier molecular flexibility index (Phi) is 4.65. The van der Waals surface area contributed by atoms with E-state index >= 15 is 0 Å². The summed E-state index contributed by atoms with van der Waals surface area (Å²) in [5, 5.41) is 4.20. The van der Waals surface area contributed by atoms with Gasteiger partial charge in [0, 0.05) is 23.2 Å². The van der Waals surface area contributed by atoms with Gasteiger partial charge < -0.3 is 5.32 Å². The normalized spacial score (nSPS) is 15.1. The minimum absolute atomic E-state index is 0.0327. The second-order valence-corrected chi connectivity index (χ2v) is 7.08. The third-order valence-corrected chi connectivity index (χ3v) is 5.12. The molecule has 1 N–H and O–H groups in total. The second kappa shape index (κ2) is 7.24. The Morgan fingerprint density at radius 3 is 2.50 bits per heavy atom. The predicted octanol–water partition coefficient (Wildman–Crippen LogP) is 4.67. The summed E-state index contributed by atoms with van der Waals surface area (Å²) in [5.74, 6) is 0.801. The lowest BCUT2D eigenvalue weighted by Gasteiger charge is -2.22. The molecule has 1 heterocycles. The van der Waals surface area contributed by atoms with Crippen LogP contribution in [0.1, 0.15) is 48.3 Å². The minimum atomic E-state index is 0.0327. The lowest BCUT2D eigenvalue weighted by molar-refractivity contribution is 0.0927. The van der Waals surface area contributed by atoms with Crippen molar-refractivity contribution in [1.29, 1.82) is 0 Å². The number of benzene rings is 2. The molecule has 4 heteroatoms. The third-order valence-electron chi connectivity index (χ3n) is 5.12. The number of aryl methyl sites for hydroxylation is 1. The Bertz CT molecular complexity index is 928.